The first-order valence-corrected chi connectivity index (χ1v) is 4.34. The van der Waals surface area contributed by atoms with Crippen molar-refractivity contribution in [1.29, 1.82) is 0 Å². The second-order valence-electron chi connectivity index (χ2n) is 1.85. The molecule has 0 aliphatic carbocycles. The van der Waals surface area contributed by atoms with Crippen molar-refractivity contribution in [3.63, 3.8) is 0 Å². The molecule has 0 aliphatic heterocycles. The predicted molar refractivity (Wildman–Crippen MR) is 65.0 cm³/mol. The van der Waals surface area contributed by atoms with Crippen molar-refractivity contribution in [3.8, 4) is 0 Å². The third-order valence-electron chi connectivity index (χ3n) is 0.764. The van der Waals surface area contributed by atoms with Crippen LogP contribution in [0.15, 0.2) is 0 Å². The van der Waals surface area contributed by atoms with Crippen LogP contribution in [0.3, 0.4) is 0 Å². The Morgan fingerprint density at radius 1 is 1.12 bits per heavy atom. The van der Waals surface area contributed by atoms with Crippen LogP contribution in [0.25, 0.3) is 0 Å². The molecule has 12 heteroatoms. The average molecular weight is 495 g/mol. The van der Waals surface area contributed by atoms with Gasteiger partial charge in [0.25, 0.3) is 0 Å². The fraction of sp³-hybridized carbons (Fsp3) is 0.500. The zero-order chi connectivity index (χ0) is 9.78. The summed E-state index contributed by atoms with van der Waals surface area (Å²) in [5.74, 6) is -2.47. The molecule has 0 saturated heterocycles. The fourth-order valence-electron chi connectivity index (χ4n) is 0.387. The first kappa shape index (κ1) is 31.8. The maximum atomic E-state index is 10.4. The molecule has 0 rings (SSSR count). The van der Waals surface area contributed by atoms with E-state index < -0.39 is 32.6 Å². The minimum absolute atomic E-state index is 0. The van der Waals surface area contributed by atoms with Crippen LogP contribution < -0.4 is 0 Å². The molecule has 0 unspecified atom stereocenters. The number of phosphoric acid groups is 1. The molecule has 82 valence electrons. The number of hydrogen-bond acceptors (Lipinski definition) is 4. The van der Waals surface area contributed by atoms with Gasteiger partial charge in [0.1, 0.15) is 0 Å². The van der Waals surface area contributed by atoms with E-state index in [1.165, 1.54) is 0 Å². The Bertz CT molecular complexity index is 247. The fourth-order valence-corrected chi connectivity index (χ4v) is 0.744. The van der Waals surface area contributed by atoms with Gasteiger partial charge in [-0.15, -0.1) is 0 Å². The molecule has 0 amide bonds. The number of carbonyl (C=O) groups excluding carboxylic acids is 1. The zero-order valence-corrected chi connectivity index (χ0v) is 12.9. The van der Waals surface area contributed by atoms with Gasteiger partial charge in [-0.1, -0.05) is 0 Å². The molecule has 0 aromatic heterocycles. The van der Waals surface area contributed by atoms with Crippen LogP contribution in [0, 0.1) is 0 Å². The van der Waals surface area contributed by atoms with Gasteiger partial charge in [0.2, 0.25) is 0 Å². The van der Waals surface area contributed by atoms with Crippen LogP contribution in [0.1, 0.15) is 12.8 Å². The van der Waals surface area contributed by atoms with E-state index >= 15 is 0 Å². The van der Waals surface area contributed by atoms with Gasteiger partial charge in [-0.3, -0.25) is 19.4 Å². The van der Waals surface area contributed by atoms with Gasteiger partial charge in [0.05, 0.1) is 12.8 Å². The third-order valence-corrected chi connectivity index (χ3v) is 1.21. The molecular formula is C4H12KNa2O7PPb. The number of carboxylic acid groups (broad SMARTS) is 1. The number of aliphatic carboxylic acids is 1. The molecule has 0 saturated carbocycles. The molecule has 0 fully saturated rings. The number of carboxylic acids is 1. The molecule has 0 aromatic carbocycles. The molecule has 3 N–H and O–H groups in total. The van der Waals surface area contributed by atoms with Crippen LogP contribution in [0.4, 0.5) is 0 Å². The minimum atomic E-state index is -4.82. The molecule has 7 nitrogen and oxygen atoms in total. The van der Waals surface area contributed by atoms with E-state index in [0.29, 0.717) is 0 Å². The number of hydrogen-bond donors (Lipinski definition) is 3. The maximum absolute atomic E-state index is 10.4. The summed E-state index contributed by atoms with van der Waals surface area (Å²) in [4.78, 5) is 36.4. The Morgan fingerprint density at radius 3 is 1.75 bits per heavy atom. The molecule has 16 heavy (non-hydrogen) atoms. The van der Waals surface area contributed by atoms with E-state index in [1.807, 2.05) is 0 Å². The second-order valence-corrected chi connectivity index (χ2v) is 3.01. The zero-order valence-electron chi connectivity index (χ0n) is 6.54. The Labute approximate surface area is 199 Å². The summed E-state index contributed by atoms with van der Waals surface area (Å²) in [6.45, 7) is 0. The average Bonchev–Trinajstić information content (AvgIpc) is 1.79. The van der Waals surface area contributed by atoms with E-state index in [4.69, 9.17) is 14.9 Å². The van der Waals surface area contributed by atoms with Crippen LogP contribution in [0.2, 0.25) is 0 Å². The topological polar surface area (TPSA) is 121 Å². The summed E-state index contributed by atoms with van der Waals surface area (Å²) in [6, 6.07) is 0. The summed E-state index contributed by atoms with van der Waals surface area (Å²) in [5.41, 5.74) is 0. The number of phosphoric ester groups is 1. The summed E-state index contributed by atoms with van der Waals surface area (Å²) in [6.07, 6.45) is -1.07. The standard InChI is InChI=1S/C4H7O7P.K.2Na.Pb.5H/c5-3(6)1-2-4(7)11-12(8,9)10;;;;;;;;;/h1-2H2,(H,5,6)(H2,8,9,10);;;;;;;;;. The molecular weight excluding hydrogens is 483 g/mol. The van der Waals surface area contributed by atoms with Crippen LogP contribution in [0.5, 0.6) is 0 Å². The summed E-state index contributed by atoms with van der Waals surface area (Å²) < 4.78 is 13.5. The quantitative estimate of drug-likeness (QED) is 0.275. The Hall–Kier alpha value is 3.65. The van der Waals surface area contributed by atoms with Gasteiger partial charge in [0.15, 0.2) is 0 Å². The molecule has 2 radical (unpaired) electrons. The molecule has 0 atom stereocenters. The van der Waals surface area contributed by atoms with Crippen LogP contribution >= 0.6 is 7.82 Å². The molecule has 0 spiro atoms. The van der Waals surface area contributed by atoms with E-state index in [1.54, 1.807) is 0 Å². The van der Waals surface area contributed by atoms with E-state index in [9.17, 15) is 14.2 Å². The molecule has 0 aliphatic rings. The Morgan fingerprint density at radius 2 is 1.50 bits per heavy atom. The van der Waals surface area contributed by atoms with Crippen molar-refractivity contribution in [1.82, 2.24) is 0 Å². The van der Waals surface area contributed by atoms with Crippen molar-refractivity contribution in [3.05, 3.63) is 0 Å². The molecule has 0 bridgehead atoms. The van der Waals surface area contributed by atoms with E-state index in [-0.39, 0.29) is 138 Å². The SMILES string of the molecule is O=C(O)CCC(=O)OP(=O)(O)O.[KH].[NaH].[NaH].[PbH2]. The van der Waals surface area contributed by atoms with E-state index in [0.717, 1.165) is 0 Å². The van der Waals surface area contributed by atoms with Gasteiger partial charge < -0.3 is 9.63 Å². The molecule has 0 aromatic rings. The third kappa shape index (κ3) is 26.3. The van der Waals surface area contributed by atoms with Crippen molar-refractivity contribution in [2.45, 2.75) is 12.8 Å². The van der Waals surface area contributed by atoms with E-state index in [2.05, 4.69) is 4.52 Å². The van der Waals surface area contributed by atoms with Gasteiger partial charge in [0, 0.05) is 0 Å². The predicted octanol–water partition coefficient (Wildman–Crippen LogP) is -3.37. The van der Waals surface area contributed by atoms with Crippen molar-refractivity contribution in [2.24, 2.45) is 0 Å². The summed E-state index contributed by atoms with van der Waals surface area (Å²) >= 11 is 0. The van der Waals surface area contributed by atoms with Crippen molar-refractivity contribution < 1.29 is 33.6 Å². The summed E-state index contributed by atoms with van der Waals surface area (Å²) in [7, 11) is -4.82. The van der Waals surface area contributed by atoms with Crippen LogP contribution in [-0.2, 0) is 18.7 Å². The number of rotatable bonds is 4. The monoisotopic (exact) mass is 496 g/mol. The molecule has 0 heterocycles. The Balaban J connectivity index is -0.000000101. The first-order chi connectivity index (χ1) is 5.31. The first-order valence-electron chi connectivity index (χ1n) is 2.81. The number of carbonyl (C=O) groups is 2. The van der Waals surface area contributed by atoms with Crippen LogP contribution in [-0.4, -0.2) is 165 Å². The summed E-state index contributed by atoms with van der Waals surface area (Å²) in [5, 5.41) is 8.06. The second kappa shape index (κ2) is 16.7. The van der Waals surface area contributed by atoms with Gasteiger partial charge >= 0.3 is 158 Å². The van der Waals surface area contributed by atoms with Gasteiger partial charge in [-0.25, -0.2) is 4.57 Å². The normalized spacial score (nSPS) is 8.12. The van der Waals surface area contributed by atoms with Crippen molar-refractivity contribution in [2.75, 3.05) is 0 Å². The van der Waals surface area contributed by atoms with Gasteiger partial charge in [-0.2, -0.15) is 0 Å². The van der Waals surface area contributed by atoms with Gasteiger partial charge in [-0.05, 0) is 0 Å². The van der Waals surface area contributed by atoms with Crippen molar-refractivity contribution >= 4 is 158 Å². The Kier molecular flexibility index (Phi) is 33.2.